The molecule has 6 nitrogen and oxygen atoms in total. The molecule has 1 aromatic carbocycles. The van der Waals surface area contributed by atoms with Gasteiger partial charge in [-0.25, -0.2) is 9.18 Å². The predicted molar refractivity (Wildman–Crippen MR) is 101 cm³/mol. The number of carbonyl (C=O) groups excluding carboxylic acids is 3. The molecule has 0 bridgehead atoms. The molecule has 1 atom stereocenters. The minimum atomic E-state index is -0.731. The molecule has 2 aliphatic rings. The van der Waals surface area contributed by atoms with Gasteiger partial charge >= 0.3 is 5.97 Å². The van der Waals surface area contributed by atoms with Crippen LogP contribution in [0.2, 0.25) is 0 Å². The zero-order valence-corrected chi connectivity index (χ0v) is 16.2. The number of esters is 1. The van der Waals surface area contributed by atoms with Crippen LogP contribution in [0.4, 0.5) is 4.39 Å². The fourth-order valence-electron chi connectivity index (χ4n) is 3.90. The first-order valence-corrected chi connectivity index (χ1v) is 9.64. The average Bonchev–Trinajstić information content (AvgIpc) is 3.20. The lowest BCUT2D eigenvalue weighted by molar-refractivity contribution is -0.142. The van der Waals surface area contributed by atoms with Crippen molar-refractivity contribution in [2.45, 2.75) is 39.0 Å². The number of hydrogen-bond donors (Lipinski definition) is 0. The van der Waals surface area contributed by atoms with Crippen molar-refractivity contribution in [3.8, 4) is 0 Å². The Morgan fingerprint density at radius 1 is 1.21 bits per heavy atom. The summed E-state index contributed by atoms with van der Waals surface area (Å²) in [4.78, 5) is 41.1. The van der Waals surface area contributed by atoms with Crippen LogP contribution in [0, 0.1) is 5.82 Å². The van der Waals surface area contributed by atoms with E-state index >= 15 is 0 Å². The Balaban J connectivity index is 1.97. The van der Waals surface area contributed by atoms with Crippen LogP contribution in [-0.2, 0) is 19.1 Å². The van der Waals surface area contributed by atoms with Crippen LogP contribution in [0.25, 0.3) is 0 Å². The van der Waals surface area contributed by atoms with Gasteiger partial charge in [-0.05, 0) is 38.3 Å². The van der Waals surface area contributed by atoms with Crippen molar-refractivity contribution in [2.75, 3.05) is 26.2 Å². The SMILES string of the molecule is CCOC(=O)C1=C(C)N(CC(=O)N2CCCC2)C(=O)CC1c1ccccc1F. The maximum absolute atomic E-state index is 14.4. The van der Waals surface area contributed by atoms with Crippen molar-refractivity contribution in [2.24, 2.45) is 0 Å². The van der Waals surface area contributed by atoms with E-state index in [9.17, 15) is 18.8 Å². The van der Waals surface area contributed by atoms with Gasteiger partial charge < -0.3 is 14.5 Å². The van der Waals surface area contributed by atoms with Crippen molar-refractivity contribution in [1.29, 1.82) is 0 Å². The van der Waals surface area contributed by atoms with Crippen LogP contribution in [0.3, 0.4) is 0 Å². The average molecular weight is 388 g/mol. The van der Waals surface area contributed by atoms with Crippen LogP contribution >= 0.6 is 0 Å². The number of halogens is 1. The highest BCUT2D eigenvalue weighted by atomic mass is 19.1. The van der Waals surface area contributed by atoms with Gasteiger partial charge in [0.15, 0.2) is 0 Å². The van der Waals surface area contributed by atoms with Gasteiger partial charge in [0, 0.05) is 31.1 Å². The van der Waals surface area contributed by atoms with Crippen LogP contribution in [-0.4, -0.2) is 53.8 Å². The Morgan fingerprint density at radius 2 is 1.89 bits per heavy atom. The van der Waals surface area contributed by atoms with E-state index in [0.717, 1.165) is 12.8 Å². The van der Waals surface area contributed by atoms with E-state index in [1.54, 1.807) is 36.9 Å². The number of nitrogens with zero attached hydrogens (tertiary/aromatic N) is 2. The highest BCUT2D eigenvalue weighted by Gasteiger charge is 2.39. The third kappa shape index (κ3) is 3.93. The highest BCUT2D eigenvalue weighted by Crippen LogP contribution is 2.38. The summed E-state index contributed by atoms with van der Waals surface area (Å²) in [6.07, 6.45) is 1.83. The summed E-state index contributed by atoms with van der Waals surface area (Å²) in [6.45, 7) is 4.74. The predicted octanol–water partition coefficient (Wildman–Crippen LogP) is 2.60. The molecule has 2 amide bonds. The Hall–Kier alpha value is -2.70. The van der Waals surface area contributed by atoms with Crippen molar-refractivity contribution < 1.29 is 23.5 Å². The summed E-state index contributed by atoms with van der Waals surface area (Å²) < 4.78 is 19.6. The van der Waals surface area contributed by atoms with E-state index in [4.69, 9.17) is 4.74 Å². The second-order valence-corrected chi connectivity index (χ2v) is 7.07. The number of amides is 2. The molecule has 1 fully saturated rings. The van der Waals surface area contributed by atoms with Gasteiger partial charge in [0.25, 0.3) is 0 Å². The molecule has 0 aromatic heterocycles. The number of hydrogen-bond acceptors (Lipinski definition) is 4. The number of allylic oxidation sites excluding steroid dienone is 1. The molecule has 28 heavy (non-hydrogen) atoms. The van der Waals surface area contributed by atoms with Gasteiger partial charge in [0.2, 0.25) is 11.8 Å². The van der Waals surface area contributed by atoms with Crippen LogP contribution in [0.15, 0.2) is 35.5 Å². The van der Waals surface area contributed by atoms with Gasteiger partial charge in [-0.1, -0.05) is 18.2 Å². The first-order valence-electron chi connectivity index (χ1n) is 9.64. The Kier molecular flexibility index (Phi) is 6.11. The monoisotopic (exact) mass is 388 g/mol. The molecule has 0 radical (unpaired) electrons. The number of carbonyl (C=O) groups is 3. The minimum Gasteiger partial charge on any atom is -0.463 e. The Morgan fingerprint density at radius 3 is 2.54 bits per heavy atom. The van der Waals surface area contributed by atoms with E-state index in [-0.39, 0.29) is 42.5 Å². The third-order valence-electron chi connectivity index (χ3n) is 5.35. The van der Waals surface area contributed by atoms with Crippen molar-refractivity contribution in [3.05, 3.63) is 46.9 Å². The van der Waals surface area contributed by atoms with Gasteiger partial charge in [-0.2, -0.15) is 0 Å². The third-order valence-corrected chi connectivity index (χ3v) is 5.35. The zero-order valence-electron chi connectivity index (χ0n) is 16.2. The van der Waals surface area contributed by atoms with Crippen molar-refractivity contribution in [3.63, 3.8) is 0 Å². The molecule has 0 N–H and O–H groups in total. The molecular weight excluding hydrogens is 363 g/mol. The van der Waals surface area contributed by atoms with E-state index in [0.29, 0.717) is 18.8 Å². The molecule has 0 aliphatic carbocycles. The molecule has 0 spiro atoms. The van der Waals surface area contributed by atoms with Crippen molar-refractivity contribution in [1.82, 2.24) is 9.80 Å². The summed E-state index contributed by atoms with van der Waals surface area (Å²) in [5.41, 5.74) is 0.875. The van der Waals surface area contributed by atoms with Crippen LogP contribution < -0.4 is 0 Å². The standard InChI is InChI=1S/C21H25FN2O4/c1-3-28-21(27)20-14(2)24(13-19(26)23-10-6-7-11-23)18(25)12-16(20)15-8-4-5-9-17(15)22/h4-5,8-9,16H,3,6-7,10-13H2,1-2H3. The molecule has 2 aliphatic heterocycles. The van der Waals surface area contributed by atoms with E-state index in [1.165, 1.54) is 11.0 Å². The highest BCUT2D eigenvalue weighted by molar-refractivity contribution is 5.97. The molecule has 1 saturated heterocycles. The van der Waals surface area contributed by atoms with E-state index in [1.807, 2.05) is 0 Å². The molecule has 7 heteroatoms. The molecule has 2 heterocycles. The van der Waals surface area contributed by atoms with Gasteiger partial charge in [0.1, 0.15) is 12.4 Å². The fraction of sp³-hybridized carbons (Fsp3) is 0.476. The van der Waals surface area contributed by atoms with Crippen LogP contribution in [0.5, 0.6) is 0 Å². The van der Waals surface area contributed by atoms with Crippen LogP contribution in [0.1, 0.15) is 44.6 Å². The summed E-state index contributed by atoms with van der Waals surface area (Å²) >= 11 is 0. The molecule has 150 valence electrons. The van der Waals surface area contributed by atoms with Gasteiger partial charge in [-0.15, -0.1) is 0 Å². The Bertz CT molecular complexity index is 814. The van der Waals surface area contributed by atoms with Gasteiger partial charge in [-0.3, -0.25) is 9.59 Å². The second kappa shape index (κ2) is 8.54. The topological polar surface area (TPSA) is 66.9 Å². The first kappa shape index (κ1) is 20.0. The van der Waals surface area contributed by atoms with E-state index in [2.05, 4.69) is 0 Å². The number of ether oxygens (including phenoxy) is 1. The van der Waals surface area contributed by atoms with E-state index < -0.39 is 17.7 Å². The quantitative estimate of drug-likeness (QED) is 0.728. The summed E-state index contributed by atoms with van der Waals surface area (Å²) in [5, 5.41) is 0. The second-order valence-electron chi connectivity index (χ2n) is 7.07. The smallest absolute Gasteiger partial charge is 0.336 e. The molecular formula is C21H25FN2O4. The molecule has 3 rings (SSSR count). The summed E-state index contributed by atoms with van der Waals surface area (Å²) in [5.74, 6) is -2.23. The lowest BCUT2D eigenvalue weighted by atomic mass is 9.83. The molecule has 0 saturated carbocycles. The van der Waals surface area contributed by atoms with Gasteiger partial charge in [0.05, 0.1) is 12.2 Å². The van der Waals surface area contributed by atoms with Crippen molar-refractivity contribution >= 4 is 17.8 Å². The Labute approximate surface area is 163 Å². The first-order chi connectivity index (χ1) is 13.4. The number of benzene rings is 1. The summed E-state index contributed by atoms with van der Waals surface area (Å²) in [7, 11) is 0. The number of likely N-dealkylation sites (tertiary alicyclic amines) is 1. The molecule has 1 unspecified atom stereocenters. The lowest BCUT2D eigenvalue weighted by Crippen LogP contribution is -2.44. The maximum atomic E-state index is 14.4. The lowest BCUT2D eigenvalue weighted by Gasteiger charge is -2.34. The fourth-order valence-corrected chi connectivity index (χ4v) is 3.90. The maximum Gasteiger partial charge on any atom is 0.336 e. The largest absolute Gasteiger partial charge is 0.463 e. The summed E-state index contributed by atoms with van der Waals surface area (Å²) in [6, 6.07) is 6.11. The zero-order chi connectivity index (χ0) is 20.3. The molecule has 1 aromatic rings. The number of rotatable bonds is 5. The normalized spacial score (nSPS) is 20.0. The minimum absolute atomic E-state index is 0.0836.